The van der Waals surface area contributed by atoms with Crippen LogP contribution in [0.25, 0.3) is 0 Å². The van der Waals surface area contributed by atoms with E-state index in [0.717, 1.165) is 29.2 Å². The summed E-state index contributed by atoms with van der Waals surface area (Å²) in [6.45, 7) is 1.87. The number of anilines is 1. The summed E-state index contributed by atoms with van der Waals surface area (Å²) < 4.78 is 5.24. The van der Waals surface area contributed by atoms with Crippen molar-refractivity contribution in [3.05, 3.63) is 77.2 Å². The molecule has 1 saturated carbocycles. The normalized spacial score (nSPS) is 13.1. The topological polar surface area (TPSA) is 84.2 Å². The molecule has 2 amide bonds. The van der Waals surface area contributed by atoms with E-state index in [4.69, 9.17) is 4.52 Å². The van der Waals surface area contributed by atoms with E-state index in [1.165, 1.54) is 11.8 Å². The molecule has 0 saturated heterocycles. The van der Waals surface area contributed by atoms with Gasteiger partial charge in [-0.15, -0.1) is 11.8 Å². The standard InChI is InChI=1S/C22H21N3O3S/c1-14-11-18(28-25-14)13-29-20-8-3-2-7-19(20)22(27)24-17-6-4-5-15(12-17)21(26)23-16-9-10-16/h2-8,11-12,16H,9-10,13H2,1H3,(H,23,26)(H,24,27). The molecule has 0 atom stereocenters. The molecular formula is C22H21N3O3S. The van der Waals surface area contributed by atoms with Gasteiger partial charge in [0.2, 0.25) is 0 Å². The van der Waals surface area contributed by atoms with Crippen molar-refractivity contribution in [1.82, 2.24) is 10.5 Å². The molecule has 1 aliphatic rings. The second kappa shape index (κ2) is 8.53. The van der Waals surface area contributed by atoms with Crippen LogP contribution in [-0.2, 0) is 5.75 Å². The van der Waals surface area contributed by atoms with E-state index in [1.807, 2.05) is 31.2 Å². The van der Waals surface area contributed by atoms with Crippen molar-refractivity contribution in [2.75, 3.05) is 5.32 Å². The number of hydrogen-bond acceptors (Lipinski definition) is 5. The van der Waals surface area contributed by atoms with Gasteiger partial charge in [0.1, 0.15) is 5.76 Å². The number of nitrogens with zero attached hydrogens (tertiary/aromatic N) is 1. The van der Waals surface area contributed by atoms with Crippen LogP contribution in [0, 0.1) is 6.92 Å². The lowest BCUT2D eigenvalue weighted by Crippen LogP contribution is -2.25. The van der Waals surface area contributed by atoms with Gasteiger partial charge in [0, 0.05) is 28.3 Å². The highest BCUT2D eigenvalue weighted by Gasteiger charge is 2.24. The Hall–Kier alpha value is -3.06. The quantitative estimate of drug-likeness (QED) is 0.567. The van der Waals surface area contributed by atoms with Crippen molar-refractivity contribution in [3.63, 3.8) is 0 Å². The summed E-state index contributed by atoms with van der Waals surface area (Å²) in [5.74, 6) is 1.02. The minimum absolute atomic E-state index is 0.109. The number of amides is 2. The number of benzene rings is 2. The van der Waals surface area contributed by atoms with Crippen LogP contribution in [0.5, 0.6) is 0 Å². The third-order valence-electron chi connectivity index (χ3n) is 4.47. The van der Waals surface area contributed by atoms with Gasteiger partial charge in [-0.05, 0) is 50.1 Å². The monoisotopic (exact) mass is 407 g/mol. The molecule has 29 heavy (non-hydrogen) atoms. The minimum atomic E-state index is -0.221. The molecule has 7 heteroatoms. The highest BCUT2D eigenvalue weighted by molar-refractivity contribution is 7.98. The summed E-state index contributed by atoms with van der Waals surface area (Å²) in [6, 6.07) is 16.6. The fourth-order valence-corrected chi connectivity index (χ4v) is 3.77. The van der Waals surface area contributed by atoms with Crippen LogP contribution >= 0.6 is 11.8 Å². The number of aromatic nitrogens is 1. The van der Waals surface area contributed by atoms with E-state index in [9.17, 15) is 9.59 Å². The van der Waals surface area contributed by atoms with Gasteiger partial charge < -0.3 is 15.2 Å². The summed E-state index contributed by atoms with van der Waals surface area (Å²) in [7, 11) is 0. The zero-order valence-electron chi connectivity index (χ0n) is 16.0. The van der Waals surface area contributed by atoms with Crippen molar-refractivity contribution in [1.29, 1.82) is 0 Å². The minimum Gasteiger partial charge on any atom is -0.360 e. The van der Waals surface area contributed by atoms with Crippen molar-refractivity contribution in [3.8, 4) is 0 Å². The highest BCUT2D eigenvalue weighted by atomic mass is 32.2. The van der Waals surface area contributed by atoms with Crippen LogP contribution in [0.4, 0.5) is 5.69 Å². The molecule has 0 aliphatic heterocycles. The molecule has 3 aromatic rings. The van der Waals surface area contributed by atoms with E-state index < -0.39 is 0 Å². The molecule has 0 spiro atoms. The van der Waals surface area contributed by atoms with Crippen molar-refractivity contribution >= 4 is 29.3 Å². The lowest BCUT2D eigenvalue weighted by molar-refractivity contribution is 0.0949. The molecule has 0 bridgehead atoms. The summed E-state index contributed by atoms with van der Waals surface area (Å²) in [5, 5.41) is 9.74. The van der Waals surface area contributed by atoms with E-state index in [-0.39, 0.29) is 17.9 Å². The third kappa shape index (κ3) is 5.06. The molecule has 0 unspecified atom stereocenters. The summed E-state index contributed by atoms with van der Waals surface area (Å²) in [5.41, 5.74) is 2.53. The molecule has 1 heterocycles. The Bertz CT molecular complexity index is 1040. The number of aryl methyl sites for hydroxylation is 1. The van der Waals surface area contributed by atoms with Gasteiger partial charge in [-0.2, -0.15) is 0 Å². The van der Waals surface area contributed by atoms with Crippen LogP contribution < -0.4 is 10.6 Å². The van der Waals surface area contributed by atoms with Gasteiger partial charge in [0.15, 0.2) is 0 Å². The first-order chi connectivity index (χ1) is 14.1. The molecule has 1 aliphatic carbocycles. The molecule has 0 radical (unpaired) electrons. The number of carbonyl (C=O) groups excluding carboxylic acids is 2. The third-order valence-corrected chi connectivity index (χ3v) is 5.57. The van der Waals surface area contributed by atoms with Crippen LogP contribution in [0.2, 0.25) is 0 Å². The summed E-state index contributed by atoms with van der Waals surface area (Å²) >= 11 is 1.52. The zero-order valence-corrected chi connectivity index (χ0v) is 16.8. The number of rotatable bonds is 7. The Morgan fingerprint density at radius 2 is 1.93 bits per heavy atom. The average molecular weight is 407 g/mol. The van der Waals surface area contributed by atoms with Crippen LogP contribution in [0.1, 0.15) is 45.0 Å². The zero-order chi connectivity index (χ0) is 20.2. The first-order valence-corrected chi connectivity index (χ1v) is 10.4. The molecule has 148 valence electrons. The van der Waals surface area contributed by atoms with Gasteiger partial charge >= 0.3 is 0 Å². The first-order valence-electron chi connectivity index (χ1n) is 9.45. The lowest BCUT2D eigenvalue weighted by Gasteiger charge is -2.10. The number of thioether (sulfide) groups is 1. The maximum atomic E-state index is 12.9. The van der Waals surface area contributed by atoms with E-state index in [2.05, 4.69) is 15.8 Å². The van der Waals surface area contributed by atoms with Gasteiger partial charge in [-0.1, -0.05) is 23.4 Å². The number of nitrogens with one attached hydrogen (secondary N) is 2. The Balaban J connectivity index is 1.45. The molecule has 4 rings (SSSR count). The Morgan fingerprint density at radius 3 is 2.69 bits per heavy atom. The van der Waals surface area contributed by atoms with E-state index in [0.29, 0.717) is 22.6 Å². The molecule has 2 aromatic carbocycles. The smallest absolute Gasteiger partial charge is 0.256 e. The maximum Gasteiger partial charge on any atom is 0.256 e. The maximum absolute atomic E-state index is 12.9. The largest absolute Gasteiger partial charge is 0.360 e. The predicted molar refractivity (Wildman–Crippen MR) is 112 cm³/mol. The fourth-order valence-electron chi connectivity index (χ4n) is 2.85. The number of carbonyl (C=O) groups is 2. The Labute approximate surface area is 173 Å². The summed E-state index contributed by atoms with van der Waals surface area (Å²) in [4.78, 5) is 25.9. The second-order valence-corrected chi connectivity index (χ2v) is 8.02. The molecule has 1 aromatic heterocycles. The molecular weight excluding hydrogens is 386 g/mol. The van der Waals surface area contributed by atoms with E-state index >= 15 is 0 Å². The second-order valence-electron chi connectivity index (χ2n) is 7.00. The van der Waals surface area contributed by atoms with Crippen LogP contribution in [-0.4, -0.2) is 23.0 Å². The lowest BCUT2D eigenvalue weighted by atomic mass is 10.1. The molecule has 1 fully saturated rings. The fraction of sp³-hybridized carbons (Fsp3) is 0.227. The predicted octanol–water partition coefficient (Wildman–Crippen LogP) is 4.42. The van der Waals surface area contributed by atoms with Gasteiger partial charge in [0.05, 0.1) is 17.0 Å². The summed E-state index contributed by atoms with van der Waals surface area (Å²) in [6.07, 6.45) is 2.06. The first kappa shape index (κ1) is 19.3. The SMILES string of the molecule is Cc1cc(CSc2ccccc2C(=O)Nc2cccc(C(=O)NC3CC3)c2)on1. The highest BCUT2D eigenvalue weighted by Crippen LogP contribution is 2.27. The molecule has 2 N–H and O–H groups in total. The number of hydrogen-bond donors (Lipinski definition) is 2. The van der Waals surface area contributed by atoms with Gasteiger partial charge in [-0.25, -0.2) is 0 Å². The Morgan fingerprint density at radius 1 is 1.10 bits per heavy atom. The van der Waals surface area contributed by atoms with Crippen molar-refractivity contribution in [2.45, 2.75) is 36.5 Å². The van der Waals surface area contributed by atoms with Gasteiger partial charge in [-0.3, -0.25) is 9.59 Å². The molecule has 6 nitrogen and oxygen atoms in total. The van der Waals surface area contributed by atoms with Crippen LogP contribution in [0.3, 0.4) is 0 Å². The van der Waals surface area contributed by atoms with Crippen LogP contribution in [0.15, 0.2) is 64.0 Å². The van der Waals surface area contributed by atoms with Gasteiger partial charge in [0.25, 0.3) is 11.8 Å². The van der Waals surface area contributed by atoms with Crippen molar-refractivity contribution in [2.24, 2.45) is 0 Å². The van der Waals surface area contributed by atoms with E-state index in [1.54, 1.807) is 30.3 Å². The Kier molecular flexibility index (Phi) is 5.67. The van der Waals surface area contributed by atoms with Crippen molar-refractivity contribution < 1.29 is 14.1 Å². The average Bonchev–Trinajstić information content (AvgIpc) is 3.44.